The van der Waals surface area contributed by atoms with Gasteiger partial charge in [-0.2, -0.15) is 5.10 Å². The summed E-state index contributed by atoms with van der Waals surface area (Å²) >= 11 is 0. The van der Waals surface area contributed by atoms with Crippen molar-refractivity contribution in [3.05, 3.63) is 18.0 Å². The fourth-order valence-corrected chi connectivity index (χ4v) is 1.26. The number of aliphatic carboxylic acids is 1. The van der Waals surface area contributed by atoms with Gasteiger partial charge in [-0.1, -0.05) is 0 Å². The quantitative estimate of drug-likeness (QED) is 0.585. The normalized spacial score (nSPS) is 15.8. The van der Waals surface area contributed by atoms with Crippen LogP contribution in [0.5, 0.6) is 0 Å². The first-order chi connectivity index (χ1) is 8.38. The predicted molar refractivity (Wildman–Crippen MR) is 57.6 cm³/mol. The van der Waals surface area contributed by atoms with Crippen molar-refractivity contribution in [2.45, 2.75) is 25.2 Å². The van der Waals surface area contributed by atoms with Crippen LogP contribution in [-0.4, -0.2) is 50.3 Å². The fourth-order valence-electron chi connectivity index (χ4n) is 1.26. The molecule has 8 heteroatoms. The van der Waals surface area contributed by atoms with Crippen molar-refractivity contribution in [2.24, 2.45) is 0 Å². The van der Waals surface area contributed by atoms with Crippen LogP contribution in [0.15, 0.2) is 12.4 Å². The number of aliphatic hydroxyl groups is 2. The van der Waals surface area contributed by atoms with Gasteiger partial charge in [0.05, 0.1) is 13.3 Å². The molecule has 0 saturated carbocycles. The summed E-state index contributed by atoms with van der Waals surface area (Å²) in [5, 5.41) is 31.6. The molecule has 0 spiro atoms. The van der Waals surface area contributed by atoms with Crippen molar-refractivity contribution in [1.82, 2.24) is 9.78 Å². The van der Waals surface area contributed by atoms with E-state index in [1.165, 1.54) is 19.3 Å². The van der Waals surface area contributed by atoms with Gasteiger partial charge >= 0.3 is 11.9 Å². The van der Waals surface area contributed by atoms with Gasteiger partial charge in [-0.15, -0.1) is 0 Å². The third-order valence-corrected chi connectivity index (χ3v) is 2.46. The molecule has 3 N–H and O–H groups in total. The second-order valence-corrected chi connectivity index (χ2v) is 3.68. The minimum Gasteiger partial charge on any atom is -0.480 e. The van der Waals surface area contributed by atoms with E-state index in [-0.39, 0.29) is 5.56 Å². The lowest BCUT2D eigenvalue weighted by Gasteiger charge is -2.13. The molecule has 3 atom stereocenters. The summed E-state index contributed by atoms with van der Waals surface area (Å²) in [6.45, 7) is 1.40. The molecule has 1 aromatic rings. The van der Waals surface area contributed by atoms with E-state index in [9.17, 15) is 19.8 Å². The molecule has 1 aromatic heterocycles. The number of carboxylic acid groups (broad SMARTS) is 1. The molecule has 0 fully saturated rings. The lowest BCUT2D eigenvalue weighted by atomic mass is 10.1. The number of ether oxygens (including phenoxy) is 1. The standard InChI is InChI=1S/C10H14N2O6/c1-5(9(15)16)12-4-6(3-11-12)7(13)8(14)10(17)18-2/h3-5,7-8,13-14H,1-2H3,(H,15,16)/t5-,7?,8?/m0/s1. The maximum absolute atomic E-state index is 11.0. The van der Waals surface area contributed by atoms with Crippen molar-refractivity contribution in [3.8, 4) is 0 Å². The lowest BCUT2D eigenvalue weighted by Crippen LogP contribution is -2.28. The van der Waals surface area contributed by atoms with Crippen LogP contribution in [0.3, 0.4) is 0 Å². The SMILES string of the molecule is COC(=O)C(O)C(O)c1cnn([C@@H](C)C(=O)O)c1. The summed E-state index contributed by atoms with van der Waals surface area (Å²) < 4.78 is 5.38. The molecule has 0 radical (unpaired) electrons. The lowest BCUT2D eigenvalue weighted by molar-refractivity contribution is -0.156. The van der Waals surface area contributed by atoms with Gasteiger partial charge in [-0.3, -0.25) is 4.68 Å². The number of rotatable bonds is 5. The second-order valence-electron chi connectivity index (χ2n) is 3.68. The molecular weight excluding hydrogens is 244 g/mol. The number of methoxy groups -OCH3 is 1. The molecular formula is C10H14N2O6. The number of nitrogens with zero attached hydrogens (tertiary/aromatic N) is 2. The van der Waals surface area contributed by atoms with E-state index in [2.05, 4.69) is 9.84 Å². The van der Waals surface area contributed by atoms with Gasteiger partial charge in [0.25, 0.3) is 0 Å². The average Bonchev–Trinajstić information content (AvgIpc) is 2.84. The highest BCUT2D eigenvalue weighted by atomic mass is 16.5. The smallest absolute Gasteiger partial charge is 0.337 e. The Balaban J connectivity index is 2.85. The van der Waals surface area contributed by atoms with Crippen LogP contribution >= 0.6 is 0 Å². The highest BCUT2D eigenvalue weighted by molar-refractivity contribution is 5.75. The number of aliphatic hydroxyl groups excluding tert-OH is 2. The van der Waals surface area contributed by atoms with Crippen molar-refractivity contribution in [2.75, 3.05) is 7.11 Å². The van der Waals surface area contributed by atoms with Crippen LogP contribution in [0.4, 0.5) is 0 Å². The van der Waals surface area contributed by atoms with E-state index in [1.807, 2.05) is 0 Å². The Morgan fingerprint density at radius 2 is 2.06 bits per heavy atom. The number of hydrogen-bond acceptors (Lipinski definition) is 6. The van der Waals surface area contributed by atoms with Crippen molar-refractivity contribution in [3.63, 3.8) is 0 Å². The predicted octanol–water partition coefficient (Wildman–Crippen LogP) is -0.904. The highest BCUT2D eigenvalue weighted by Gasteiger charge is 2.28. The molecule has 18 heavy (non-hydrogen) atoms. The summed E-state index contributed by atoms with van der Waals surface area (Å²) in [6.07, 6.45) is -0.841. The molecule has 0 bridgehead atoms. The van der Waals surface area contributed by atoms with Crippen molar-refractivity contribution in [1.29, 1.82) is 0 Å². The van der Waals surface area contributed by atoms with Crippen LogP contribution < -0.4 is 0 Å². The first-order valence-corrected chi connectivity index (χ1v) is 5.09. The molecule has 1 rings (SSSR count). The molecule has 0 amide bonds. The molecule has 0 aromatic carbocycles. The first-order valence-electron chi connectivity index (χ1n) is 5.09. The summed E-state index contributed by atoms with van der Waals surface area (Å²) in [4.78, 5) is 21.7. The van der Waals surface area contributed by atoms with Crippen LogP contribution in [0, 0.1) is 0 Å². The molecule has 0 saturated heterocycles. The zero-order chi connectivity index (χ0) is 13.9. The van der Waals surface area contributed by atoms with E-state index >= 15 is 0 Å². The molecule has 1 heterocycles. The van der Waals surface area contributed by atoms with Gasteiger partial charge in [0.2, 0.25) is 0 Å². The Morgan fingerprint density at radius 3 is 2.56 bits per heavy atom. The molecule has 0 aliphatic rings. The monoisotopic (exact) mass is 258 g/mol. The van der Waals surface area contributed by atoms with Crippen molar-refractivity contribution < 1.29 is 29.6 Å². The number of aromatic nitrogens is 2. The zero-order valence-electron chi connectivity index (χ0n) is 9.85. The van der Waals surface area contributed by atoms with Gasteiger partial charge < -0.3 is 20.1 Å². The van der Waals surface area contributed by atoms with Crippen LogP contribution in [0.1, 0.15) is 24.6 Å². The van der Waals surface area contributed by atoms with Gasteiger partial charge in [0.1, 0.15) is 12.1 Å². The number of carbonyl (C=O) groups is 2. The van der Waals surface area contributed by atoms with E-state index in [4.69, 9.17) is 5.11 Å². The third kappa shape index (κ3) is 2.84. The van der Waals surface area contributed by atoms with E-state index in [1.54, 1.807) is 0 Å². The number of carboxylic acids is 1. The second kappa shape index (κ2) is 5.61. The Kier molecular flexibility index (Phi) is 4.40. The van der Waals surface area contributed by atoms with Gasteiger partial charge in [0.15, 0.2) is 6.10 Å². The Bertz CT molecular complexity index is 443. The average molecular weight is 258 g/mol. The maximum Gasteiger partial charge on any atom is 0.337 e. The number of hydrogen-bond donors (Lipinski definition) is 3. The number of esters is 1. The van der Waals surface area contributed by atoms with Gasteiger partial charge in [-0.05, 0) is 6.92 Å². The summed E-state index contributed by atoms with van der Waals surface area (Å²) in [5.41, 5.74) is 0.126. The summed E-state index contributed by atoms with van der Waals surface area (Å²) in [5.74, 6) is -2.07. The topological polar surface area (TPSA) is 122 Å². The van der Waals surface area contributed by atoms with Crippen molar-refractivity contribution >= 4 is 11.9 Å². The molecule has 8 nitrogen and oxygen atoms in total. The summed E-state index contributed by atoms with van der Waals surface area (Å²) in [6, 6.07) is -0.916. The van der Waals surface area contributed by atoms with E-state index in [0.717, 1.165) is 11.8 Å². The zero-order valence-corrected chi connectivity index (χ0v) is 9.85. The molecule has 0 aliphatic heterocycles. The Morgan fingerprint density at radius 1 is 1.44 bits per heavy atom. The van der Waals surface area contributed by atoms with Crippen LogP contribution in [-0.2, 0) is 14.3 Å². The van der Waals surface area contributed by atoms with E-state index in [0.29, 0.717) is 0 Å². The maximum atomic E-state index is 11.0. The molecule has 0 aliphatic carbocycles. The Hall–Kier alpha value is -1.93. The van der Waals surface area contributed by atoms with Crippen LogP contribution in [0.2, 0.25) is 0 Å². The highest BCUT2D eigenvalue weighted by Crippen LogP contribution is 2.18. The molecule has 2 unspecified atom stereocenters. The largest absolute Gasteiger partial charge is 0.480 e. The third-order valence-electron chi connectivity index (χ3n) is 2.46. The minimum absolute atomic E-state index is 0.126. The first kappa shape index (κ1) is 14.1. The van der Waals surface area contributed by atoms with Gasteiger partial charge in [-0.25, -0.2) is 9.59 Å². The Labute approximate surface area is 102 Å². The number of carbonyl (C=O) groups excluding carboxylic acids is 1. The summed E-state index contributed by atoms with van der Waals surface area (Å²) in [7, 11) is 1.08. The van der Waals surface area contributed by atoms with Gasteiger partial charge in [0, 0.05) is 11.8 Å². The fraction of sp³-hybridized carbons (Fsp3) is 0.500. The van der Waals surface area contributed by atoms with Crippen LogP contribution in [0.25, 0.3) is 0 Å². The minimum atomic E-state index is -1.74. The molecule has 100 valence electrons. The van der Waals surface area contributed by atoms with E-state index < -0.39 is 30.2 Å².